The zero-order chi connectivity index (χ0) is 21.1. The molecule has 0 saturated carbocycles. The largest absolute Gasteiger partial charge is 0.496 e. The molecule has 5 nitrogen and oxygen atoms in total. The summed E-state index contributed by atoms with van der Waals surface area (Å²) in [5.41, 5.74) is 6.10. The molecule has 0 amide bonds. The molecule has 0 spiro atoms. The van der Waals surface area contributed by atoms with Crippen molar-refractivity contribution in [2.24, 2.45) is 0 Å². The molecule has 0 saturated heterocycles. The average molecular weight is 401 g/mol. The fraction of sp³-hybridized carbons (Fsp3) is 0.280. The highest BCUT2D eigenvalue weighted by atomic mass is 16.5. The van der Waals surface area contributed by atoms with Gasteiger partial charge in [0.05, 0.1) is 18.4 Å². The van der Waals surface area contributed by atoms with E-state index in [9.17, 15) is 0 Å². The number of nitrogens with one attached hydrogen (secondary N) is 1. The van der Waals surface area contributed by atoms with Crippen LogP contribution < -0.4 is 10.1 Å². The second kappa shape index (κ2) is 8.57. The van der Waals surface area contributed by atoms with Crippen LogP contribution in [0.25, 0.3) is 16.8 Å². The Kier molecular flexibility index (Phi) is 5.70. The van der Waals surface area contributed by atoms with E-state index in [1.165, 1.54) is 5.56 Å². The first-order valence-electron chi connectivity index (χ1n) is 10.4. The number of aryl methyl sites for hydroxylation is 3. The monoisotopic (exact) mass is 400 g/mol. The molecule has 0 fully saturated rings. The minimum atomic E-state index is 0.300. The van der Waals surface area contributed by atoms with E-state index in [2.05, 4.69) is 54.7 Å². The van der Waals surface area contributed by atoms with Gasteiger partial charge in [0, 0.05) is 23.4 Å². The number of ether oxygens (including phenoxy) is 1. The van der Waals surface area contributed by atoms with Crippen molar-refractivity contribution in [3.63, 3.8) is 0 Å². The van der Waals surface area contributed by atoms with Crippen LogP contribution in [0.2, 0.25) is 0 Å². The van der Waals surface area contributed by atoms with E-state index in [4.69, 9.17) is 14.8 Å². The van der Waals surface area contributed by atoms with Crippen LogP contribution in [0.3, 0.4) is 0 Å². The molecule has 0 aliphatic carbocycles. The average Bonchev–Trinajstić information content (AvgIpc) is 3.08. The summed E-state index contributed by atoms with van der Waals surface area (Å²) in [4.78, 5) is 4.81. The number of hydrogen-bond donors (Lipinski definition) is 1. The maximum absolute atomic E-state index is 5.59. The molecule has 4 aromatic rings. The van der Waals surface area contributed by atoms with Crippen LogP contribution >= 0.6 is 0 Å². The van der Waals surface area contributed by atoms with Gasteiger partial charge in [-0.25, -0.2) is 4.98 Å². The van der Waals surface area contributed by atoms with Gasteiger partial charge < -0.3 is 10.1 Å². The Hall–Kier alpha value is -3.34. The summed E-state index contributed by atoms with van der Waals surface area (Å²) in [5, 5.41) is 8.46. The zero-order valence-corrected chi connectivity index (χ0v) is 18.0. The summed E-state index contributed by atoms with van der Waals surface area (Å²) in [6.45, 7) is 6.25. The van der Waals surface area contributed by atoms with Crippen molar-refractivity contribution in [2.75, 3.05) is 12.4 Å². The molecule has 2 aromatic carbocycles. The van der Waals surface area contributed by atoms with Gasteiger partial charge in [0.25, 0.3) is 0 Å². The second-order valence-corrected chi connectivity index (χ2v) is 7.75. The Morgan fingerprint density at radius 2 is 1.77 bits per heavy atom. The molecule has 4 rings (SSSR count). The molecular weight excluding hydrogens is 372 g/mol. The topological polar surface area (TPSA) is 51.5 Å². The number of methoxy groups -OCH3 is 1. The molecule has 2 aromatic heterocycles. The smallest absolute Gasteiger partial charge is 0.165 e. The van der Waals surface area contributed by atoms with Gasteiger partial charge in [-0.2, -0.15) is 9.61 Å². The van der Waals surface area contributed by atoms with Crippen LogP contribution in [0.1, 0.15) is 30.3 Å². The van der Waals surface area contributed by atoms with Crippen LogP contribution in [0.4, 0.5) is 5.82 Å². The molecule has 0 radical (unpaired) electrons. The zero-order valence-electron chi connectivity index (χ0n) is 18.0. The molecule has 154 valence electrons. The second-order valence-electron chi connectivity index (χ2n) is 7.75. The lowest BCUT2D eigenvalue weighted by Crippen LogP contribution is -2.18. The van der Waals surface area contributed by atoms with Crippen LogP contribution in [-0.4, -0.2) is 27.7 Å². The Morgan fingerprint density at radius 3 is 2.53 bits per heavy atom. The molecule has 0 aliphatic heterocycles. The van der Waals surface area contributed by atoms with Gasteiger partial charge in [0.1, 0.15) is 11.6 Å². The lowest BCUT2D eigenvalue weighted by Gasteiger charge is -2.16. The Morgan fingerprint density at radius 1 is 1.03 bits per heavy atom. The number of anilines is 1. The molecule has 30 heavy (non-hydrogen) atoms. The highest BCUT2D eigenvalue weighted by Gasteiger charge is 2.19. The van der Waals surface area contributed by atoms with Crippen molar-refractivity contribution in [1.29, 1.82) is 0 Å². The van der Waals surface area contributed by atoms with Crippen molar-refractivity contribution in [3.8, 4) is 16.9 Å². The molecule has 0 aliphatic rings. The number of benzene rings is 2. The van der Waals surface area contributed by atoms with E-state index in [-0.39, 0.29) is 0 Å². The van der Waals surface area contributed by atoms with E-state index in [1.54, 1.807) is 7.11 Å². The Labute approximate surface area is 177 Å². The minimum absolute atomic E-state index is 0.300. The third kappa shape index (κ3) is 4.01. The normalized spacial score (nSPS) is 12.1. The third-order valence-corrected chi connectivity index (χ3v) is 5.37. The predicted molar refractivity (Wildman–Crippen MR) is 122 cm³/mol. The maximum atomic E-state index is 5.59. The molecule has 5 heteroatoms. The molecule has 0 unspecified atom stereocenters. The Balaban J connectivity index is 1.66. The van der Waals surface area contributed by atoms with E-state index >= 15 is 0 Å². The number of aromatic nitrogens is 3. The van der Waals surface area contributed by atoms with Gasteiger partial charge in [-0.3, -0.25) is 0 Å². The summed E-state index contributed by atoms with van der Waals surface area (Å²) < 4.78 is 7.51. The summed E-state index contributed by atoms with van der Waals surface area (Å²) in [6, 6.07) is 21.0. The fourth-order valence-corrected chi connectivity index (χ4v) is 3.87. The highest BCUT2D eigenvalue weighted by Crippen LogP contribution is 2.35. The van der Waals surface area contributed by atoms with Crippen molar-refractivity contribution in [1.82, 2.24) is 14.6 Å². The summed E-state index contributed by atoms with van der Waals surface area (Å²) >= 11 is 0. The molecule has 0 bridgehead atoms. The number of rotatable bonds is 7. The number of fused-ring (bicyclic) bond motifs is 1. The molecule has 2 heterocycles. The highest BCUT2D eigenvalue weighted by molar-refractivity contribution is 5.84. The van der Waals surface area contributed by atoms with Gasteiger partial charge in [-0.1, -0.05) is 48.5 Å². The van der Waals surface area contributed by atoms with Crippen molar-refractivity contribution >= 4 is 11.5 Å². The standard InChI is InChI=1S/C25H28N4O/c1-17(14-15-20-10-6-5-7-11-20)26-23-16-18(2)27-25-24(19(3)28-29(23)25)21-12-8-9-13-22(21)30-4/h5-13,16-17,26H,14-15H2,1-4H3/t17-/m1/s1. The number of nitrogens with zero attached hydrogens (tertiary/aromatic N) is 3. The predicted octanol–water partition coefficient (Wildman–Crippen LogP) is 5.45. The van der Waals surface area contributed by atoms with E-state index < -0.39 is 0 Å². The lowest BCUT2D eigenvalue weighted by atomic mass is 10.0. The molecule has 1 N–H and O–H groups in total. The third-order valence-electron chi connectivity index (χ3n) is 5.37. The van der Waals surface area contributed by atoms with Gasteiger partial charge in [-0.05, 0) is 45.2 Å². The van der Waals surface area contributed by atoms with E-state index in [0.717, 1.165) is 52.6 Å². The summed E-state index contributed by atoms with van der Waals surface area (Å²) in [6.07, 6.45) is 2.07. The van der Waals surface area contributed by atoms with Crippen molar-refractivity contribution in [3.05, 3.63) is 77.6 Å². The molecular formula is C25H28N4O. The summed E-state index contributed by atoms with van der Waals surface area (Å²) in [7, 11) is 1.69. The maximum Gasteiger partial charge on any atom is 0.165 e. The van der Waals surface area contributed by atoms with E-state index in [1.807, 2.05) is 36.6 Å². The van der Waals surface area contributed by atoms with Gasteiger partial charge in [0.15, 0.2) is 5.65 Å². The van der Waals surface area contributed by atoms with Gasteiger partial charge >= 0.3 is 0 Å². The number of para-hydroxylation sites is 1. The lowest BCUT2D eigenvalue weighted by molar-refractivity contribution is 0.416. The Bertz CT molecular complexity index is 1150. The SMILES string of the molecule is COc1ccccc1-c1c(C)nn2c(N[C@H](C)CCc3ccccc3)cc(C)nc12. The van der Waals surface area contributed by atoms with Crippen LogP contribution in [0, 0.1) is 13.8 Å². The summed E-state index contributed by atoms with van der Waals surface area (Å²) in [5.74, 6) is 1.78. The minimum Gasteiger partial charge on any atom is -0.496 e. The van der Waals surface area contributed by atoms with E-state index in [0.29, 0.717) is 6.04 Å². The first-order valence-corrected chi connectivity index (χ1v) is 10.4. The fourth-order valence-electron chi connectivity index (χ4n) is 3.87. The van der Waals surface area contributed by atoms with Crippen molar-refractivity contribution in [2.45, 2.75) is 39.7 Å². The van der Waals surface area contributed by atoms with Crippen LogP contribution in [-0.2, 0) is 6.42 Å². The quantitative estimate of drug-likeness (QED) is 0.448. The van der Waals surface area contributed by atoms with Gasteiger partial charge in [0.2, 0.25) is 0 Å². The first-order chi connectivity index (χ1) is 14.6. The van der Waals surface area contributed by atoms with Crippen LogP contribution in [0.15, 0.2) is 60.7 Å². The van der Waals surface area contributed by atoms with Crippen molar-refractivity contribution < 1.29 is 4.74 Å². The van der Waals surface area contributed by atoms with Crippen LogP contribution in [0.5, 0.6) is 5.75 Å². The first kappa shape index (κ1) is 20.0. The van der Waals surface area contributed by atoms with Gasteiger partial charge in [-0.15, -0.1) is 0 Å². The number of hydrogen-bond acceptors (Lipinski definition) is 4. The molecule has 1 atom stereocenters.